The number of carbonyl (C=O) groups excluding carboxylic acids is 2. The van der Waals surface area contributed by atoms with E-state index in [1.54, 1.807) is 17.0 Å². The summed E-state index contributed by atoms with van der Waals surface area (Å²) in [4.78, 5) is 36.0. The molecule has 3 heterocycles. The highest BCUT2D eigenvalue weighted by molar-refractivity contribution is 7.89. The van der Waals surface area contributed by atoms with Crippen LogP contribution >= 0.6 is 0 Å². The van der Waals surface area contributed by atoms with Gasteiger partial charge in [0.05, 0.1) is 10.8 Å². The van der Waals surface area contributed by atoms with E-state index in [1.807, 2.05) is 37.5 Å². The largest absolute Gasteiger partial charge is 0.339 e. The van der Waals surface area contributed by atoms with Gasteiger partial charge in [-0.15, -0.1) is 0 Å². The average molecular weight is 547 g/mol. The number of sulfonamides is 1. The van der Waals surface area contributed by atoms with Crippen LogP contribution in [0.15, 0.2) is 33.7 Å². The summed E-state index contributed by atoms with van der Waals surface area (Å²) in [5, 5.41) is 4.01. The van der Waals surface area contributed by atoms with Gasteiger partial charge in [-0.1, -0.05) is 19.0 Å². The number of aromatic nitrogens is 2. The predicted molar refractivity (Wildman–Crippen MR) is 142 cm³/mol. The number of anilines is 1. The highest BCUT2D eigenvalue weighted by Gasteiger charge is 2.36. The fourth-order valence-corrected chi connectivity index (χ4v) is 6.46. The first kappa shape index (κ1) is 28.0. The van der Waals surface area contributed by atoms with Crippen LogP contribution in [0.3, 0.4) is 0 Å². The number of hydrogen-bond donors (Lipinski definition) is 0. The van der Waals surface area contributed by atoms with E-state index in [4.69, 9.17) is 4.52 Å². The molecule has 2 amide bonds. The van der Waals surface area contributed by atoms with E-state index in [0.29, 0.717) is 76.1 Å². The molecule has 1 atom stereocenters. The van der Waals surface area contributed by atoms with Crippen LogP contribution in [0.25, 0.3) is 0 Å². The Balaban J connectivity index is 1.37. The molecule has 1 aromatic carbocycles. The fourth-order valence-electron chi connectivity index (χ4n) is 4.94. The maximum absolute atomic E-state index is 13.4. The first-order valence-corrected chi connectivity index (χ1v) is 14.9. The first-order chi connectivity index (χ1) is 18.1. The summed E-state index contributed by atoms with van der Waals surface area (Å²) in [6, 6.07) is 6.57. The summed E-state index contributed by atoms with van der Waals surface area (Å²) in [6.45, 7) is 11.7. The Bertz CT molecular complexity index is 1220. The molecule has 4 rings (SSSR count). The topological polar surface area (TPSA) is 120 Å². The van der Waals surface area contributed by atoms with Crippen LogP contribution in [0.4, 0.5) is 6.01 Å². The third-order valence-corrected chi connectivity index (χ3v) is 9.21. The number of amides is 2. The van der Waals surface area contributed by atoms with Crippen molar-refractivity contribution in [2.45, 2.75) is 51.3 Å². The monoisotopic (exact) mass is 546 g/mol. The molecule has 0 spiro atoms. The fraction of sp³-hybridized carbons (Fsp3) is 0.615. The average Bonchev–Trinajstić information content (AvgIpc) is 3.44. The van der Waals surface area contributed by atoms with Crippen LogP contribution in [0.1, 0.15) is 62.6 Å². The number of piperidine rings is 1. The quantitative estimate of drug-likeness (QED) is 0.495. The number of rotatable bonds is 8. The van der Waals surface area contributed by atoms with Gasteiger partial charge in [0, 0.05) is 63.8 Å². The molecule has 0 bridgehead atoms. The molecule has 0 radical (unpaired) electrons. The molecule has 38 heavy (non-hydrogen) atoms. The molecule has 2 aliphatic rings. The smallest absolute Gasteiger partial charge is 0.324 e. The Morgan fingerprint density at radius 1 is 1.05 bits per heavy atom. The minimum Gasteiger partial charge on any atom is -0.339 e. The van der Waals surface area contributed by atoms with Gasteiger partial charge in [0.15, 0.2) is 5.82 Å². The van der Waals surface area contributed by atoms with Crippen LogP contribution in [-0.2, 0) is 14.8 Å². The third kappa shape index (κ3) is 5.85. The van der Waals surface area contributed by atoms with Crippen molar-refractivity contribution in [1.29, 1.82) is 0 Å². The normalized spacial score (nSPS) is 19.1. The number of hydrogen-bond acceptors (Lipinski definition) is 8. The van der Waals surface area contributed by atoms with Gasteiger partial charge in [0.2, 0.25) is 15.9 Å². The van der Waals surface area contributed by atoms with Crippen molar-refractivity contribution < 1.29 is 22.5 Å². The maximum atomic E-state index is 13.4. The van der Waals surface area contributed by atoms with Crippen molar-refractivity contribution in [3.63, 3.8) is 0 Å². The molecule has 208 valence electrons. The second-order valence-electron chi connectivity index (χ2n) is 10.1. The summed E-state index contributed by atoms with van der Waals surface area (Å²) in [5.74, 6) is 0.311. The zero-order chi connectivity index (χ0) is 27.4. The molecule has 2 aromatic rings. The second kappa shape index (κ2) is 11.8. The third-order valence-electron chi connectivity index (χ3n) is 7.33. The number of benzene rings is 1. The summed E-state index contributed by atoms with van der Waals surface area (Å²) >= 11 is 0. The van der Waals surface area contributed by atoms with E-state index in [9.17, 15) is 18.0 Å². The van der Waals surface area contributed by atoms with Crippen LogP contribution < -0.4 is 4.90 Å². The molecule has 2 aliphatic heterocycles. The van der Waals surface area contributed by atoms with Gasteiger partial charge in [-0.2, -0.15) is 9.29 Å². The number of piperazine rings is 1. The molecule has 0 aliphatic carbocycles. The number of nitrogens with zero attached hydrogens (tertiary/aromatic N) is 6. The molecule has 2 saturated heterocycles. The Morgan fingerprint density at radius 3 is 2.29 bits per heavy atom. The molecule has 0 saturated carbocycles. The molecule has 1 aromatic heterocycles. The van der Waals surface area contributed by atoms with Gasteiger partial charge in [-0.3, -0.25) is 9.59 Å². The maximum Gasteiger partial charge on any atom is 0.324 e. The molecule has 12 heteroatoms. The van der Waals surface area contributed by atoms with Crippen molar-refractivity contribution in [3.8, 4) is 0 Å². The summed E-state index contributed by atoms with van der Waals surface area (Å²) < 4.78 is 33.6. The van der Waals surface area contributed by atoms with Crippen molar-refractivity contribution >= 4 is 27.9 Å². The zero-order valence-corrected chi connectivity index (χ0v) is 23.5. The Labute approximate surface area is 224 Å². The molecular weight excluding hydrogens is 508 g/mol. The lowest BCUT2D eigenvalue weighted by Gasteiger charge is -2.38. The number of carbonyl (C=O) groups is 2. The van der Waals surface area contributed by atoms with Crippen LogP contribution in [0.2, 0.25) is 0 Å². The van der Waals surface area contributed by atoms with Gasteiger partial charge in [-0.05, 0) is 51.0 Å². The highest BCUT2D eigenvalue weighted by atomic mass is 32.2. The molecule has 2 fully saturated rings. The first-order valence-electron chi connectivity index (χ1n) is 13.4. The van der Waals surface area contributed by atoms with Gasteiger partial charge in [0.1, 0.15) is 0 Å². The summed E-state index contributed by atoms with van der Waals surface area (Å²) in [5.41, 5.74) is 0.458. The predicted octanol–water partition coefficient (Wildman–Crippen LogP) is 2.42. The standard InChI is InChI=1S/C26H38N6O5S/c1-5-29(6-2)24(33)20-9-11-22(12-10-20)38(35,36)32-13-7-8-21(18-32)25(34)30-14-16-31(17-15-30)26-27-23(19(3)4)28-37-26/h9-12,19,21H,5-8,13-18H2,1-4H3. The summed E-state index contributed by atoms with van der Waals surface area (Å²) in [6.07, 6.45) is 1.28. The Hall–Kier alpha value is -2.99. The zero-order valence-electron chi connectivity index (χ0n) is 22.7. The van der Waals surface area contributed by atoms with Gasteiger partial charge in [0.25, 0.3) is 5.91 Å². The van der Waals surface area contributed by atoms with Crippen LogP contribution in [0.5, 0.6) is 0 Å². The van der Waals surface area contributed by atoms with E-state index in [1.165, 1.54) is 16.4 Å². The van der Waals surface area contributed by atoms with Crippen molar-refractivity contribution in [3.05, 3.63) is 35.7 Å². The van der Waals surface area contributed by atoms with E-state index < -0.39 is 10.0 Å². The molecule has 11 nitrogen and oxygen atoms in total. The Kier molecular flexibility index (Phi) is 8.71. The lowest BCUT2D eigenvalue weighted by atomic mass is 9.98. The van der Waals surface area contributed by atoms with Gasteiger partial charge >= 0.3 is 6.01 Å². The lowest BCUT2D eigenvalue weighted by molar-refractivity contribution is -0.137. The summed E-state index contributed by atoms with van der Waals surface area (Å²) in [7, 11) is -3.78. The molecule has 1 unspecified atom stereocenters. The van der Waals surface area contributed by atoms with E-state index >= 15 is 0 Å². The van der Waals surface area contributed by atoms with Gasteiger partial charge in [-0.25, -0.2) is 8.42 Å². The van der Waals surface area contributed by atoms with Crippen molar-refractivity contribution in [2.75, 3.05) is 57.3 Å². The van der Waals surface area contributed by atoms with E-state index in [-0.39, 0.29) is 35.1 Å². The second-order valence-corrected chi connectivity index (χ2v) is 12.0. The highest BCUT2D eigenvalue weighted by Crippen LogP contribution is 2.26. The Morgan fingerprint density at radius 2 is 1.71 bits per heavy atom. The minimum atomic E-state index is -3.78. The van der Waals surface area contributed by atoms with Crippen molar-refractivity contribution in [2.24, 2.45) is 5.92 Å². The van der Waals surface area contributed by atoms with Crippen LogP contribution in [0, 0.1) is 5.92 Å². The van der Waals surface area contributed by atoms with Gasteiger partial charge < -0.3 is 19.2 Å². The van der Waals surface area contributed by atoms with E-state index in [2.05, 4.69) is 10.1 Å². The van der Waals surface area contributed by atoms with Crippen molar-refractivity contribution in [1.82, 2.24) is 24.2 Å². The minimum absolute atomic E-state index is 0.0156. The molecular formula is C26H38N6O5S. The van der Waals surface area contributed by atoms with Crippen LogP contribution in [-0.4, -0.2) is 96.8 Å². The molecule has 0 N–H and O–H groups in total. The SMILES string of the molecule is CCN(CC)C(=O)c1ccc(S(=O)(=O)N2CCCC(C(=O)N3CCN(c4nc(C(C)C)no4)CC3)C2)cc1. The van der Waals surface area contributed by atoms with E-state index in [0.717, 1.165) is 0 Å². The lowest BCUT2D eigenvalue weighted by Crippen LogP contribution is -2.53.